The molecular formula is C14H5BrCl6N2. The van der Waals surface area contributed by atoms with Crippen LogP contribution in [0.4, 0.5) is 0 Å². The molecular weight excluding hydrogens is 489 g/mol. The molecule has 3 rings (SSSR count). The Balaban J connectivity index is 2.42. The van der Waals surface area contributed by atoms with Crippen molar-refractivity contribution < 1.29 is 0 Å². The summed E-state index contributed by atoms with van der Waals surface area (Å²) in [6, 6.07) is 8.79. The van der Waals surface area contributed by atoms with E-state index in [0.29, 0.717) is 16.7 Å². The van der Waals surface area contributed by atoms with E-state index in [4.69, 9.17) is 69.6 Å². The third-order valence-electron chi connectivity index (χ3n) is 3.17. The van der Waals surface area contributed by atoms with Crippen LogP contribution in [-0.4, -0.2) is 9.97 Å². The van der Waals surface area contributed by atoms with Crippen molar-refractivity contribution in [3.8, 4) is 0 Å². The molecule has 0 aliphatic rings. The standard InChI is InChI=1S/C14H5BrCl6N2/c15-8-5-6-1-3-9(13(16,17)18)22-11(6)12-7(8)2-4-10(23-12)14(19,20)21/h1-5H. The summed E-state index contributed by atoms with van der Waals surface area (Å²) in [6.07, 6.45) is 0. The van der Waals surface area contributed by atoms with E-state index < -0.39 is 7.59 Å². The molecule has 0 radical (unpaired) electrons. The van der Waals surface area contributed by atoms with E-state index >= 15 is 0 Å². The average molecular weight is 494 g/mol. The van der Waals surface area contributed by atoms with Crippen LogP contribution in [0.3, 0.4) is 0 Å². The second-order valence-electron chi connectivity index (χ2n) is 4.71. The van der Waals surface area contributed by atoms with Gasteiger partial charge >= 0.3 is 0 Å². The van der Waals surface area contributed by atoms with Crippen LogP contribution in [0, 0.1) is 0 Å². The molecule has 0 aliphatic heterocycles. The van der Waals surface area contributed by atoms with E-state index in [-0.39, 0.29) is 5.69 Å². The Hall–Kier alpha value is 0.260. The summed E-state index contributed by atoms with van der Waals surface area (Å²) < 4.78 is -2.44. The molecule has 3 aromatic rings. The molecule has 9 heteroatoms. The number of fused-ring (bicyclic) bond motifs is 3. The largest absolute Gasteiger partial charge is 0.246 e. The Morgan fingerprint density at radius 3 is 1.83 bits per heavy atom. The maximum Gasteiger partial charge on any atom is 0.232 e. The van der Waals surface area contributed by atoms with Gasteiger partial charge in [0, 0.05) is 15.2 Å². The SMILES string of the molecule is ClC(Cl)(Cl)c1ccc2cc(Br)c3ccc(C(Cl)(Cl)Cl)nc3c2n1. The molecule has 0 bridgehead atoms. The van der Waals surface area contributed by atoms with Gasteiger partial charge in [0.15, 0.2) is 0 Å². The molecule has 0 saturated carbocycles. The molecule has 120 valence electrons. The van der Waals surface area contributed by atoms with Crippen LogP contribution in [-0.2, 0) is 7.59 Å². The summed E-state index contributed by atoms with van der Waals surface area (Å²) in [6.45, 7) is 0. The number of alkyl halides is 6. The minimum Gasteiger partial charge on any atom is -0.246 e. The fourth-order valence-electron chi connectivity index (χ4n) is 2.14. The molecule has 0 unspecified atom stereocenters. The number of pyridine rings is 2. The van der Waals surface area contributed by atoms with Gasteiger partial charge in [-0.3, -0.25) is 0 Å². The van der Waals surface area contributed by atoms with Gasteiger partial charge in [0.25, 0.3) is 0 Å². The fraction of sp³-hybridized carbons (Fsp3) is 0.143. The first kappa shape index (κ1) is 18.1. The zero-order valence-electron chi connectivity index (χ0n) is 10.9. The van der Waals surface area contributed by atoms with Crippen molar-refractivity contribution in [3.05, 3.63) is 46.2 Å². The van der Waals surface area contributed by atoms with Gasteiger partial charge in [0.1, 0.15) is 0 Å². The van der Waals surface area contributed by atoms with E-state index in [1.54, 1.807) is 24.3 Å². The van der Waals surface area contributed by atoms with Gasteiger partial charge in [0.05, 0.1) is 22.4 Å². The van der Waals surface area contributed by atoms with E-state index in [9.17, 15) is 0 Å². The van der Waals surface area contributed by atoms with Gasteiger partial charge in [-0.1, -0.05) is 91.6 Å². The van der Waals surface area contributed by atoms with Crippen LogP contribution in [0.25, 0.3) is 21.8 Å². The molecule has 0 spiro atoms. The molecule has 2 heterocycles. The summed E-state index contributed by atoms with van der Waals surface area (Å²) in [7, 11) is 0. The lowest BCUT2D eigenvalue weighted by Gasteiger charge is -2.14. The first-order valence-corrected chi connectivity index (χ1v) is 9.18. The highest BCUT2D eigenvalue weighted by Crippen LogP contribution is 2.41. The van der Waals surface area contributed by atoms with Gasteiger partial charge in [-0.2, -0.15) is 0 Å². The van der Waals surface area contributed by atoms with Crippen LogP contribution < -0.4 is 0 Å². The van der Waals surface area contributed by atoms with Gasteiger partial charge in [-0.15, -0.1) is 0 Å². The van der Waals surface area contributed by atoms with Gasteiger partial charge < -0.3 is 0 Å². The molecule has 2 aromatic heterocycles. The maximum atomic E-state index is 5.93. The number of halogens is 7. The first-order chi connectivity index (χ1) is 10.6. The minimum atomic E-state index is -1.64. The Morgan fingerprint density at radius 2 is 1.26 bits per heavy atom. The highest BCUT2D eigenvalue weighted by atomic mass is 79.9. The van der Waals surface area contributed by atoms with Crippen molar-refractivity contribution in [2.24, 2.45) is 0 Å². The molecule has 0 aliphatic carbocycles. The second-order valence-corrected chi connectivity index (χ2v) is 10.1. The Kier molecular flexibility index (Phi) is 4.87. The van der Waals surface area contributed by atoms with E-state index in [0.717, 1.165) is 15.2 Å². The molecule has 0 N–H and O–H groups in total. The van der Waals surface area contributed by atoms with E-state index in [2.05, 4.69) is 25.9 Å². The van der Waals surface area contributed by atoms with Crippen LogP contribution in [0.5, 0.6) is 0 Å². The Labute approximate surface area is 170 Å². The van der Waals surface area contributed by atoms with E-state index in [1.807, 2.05) is 6.07 Å². The predicted molar refractivity (Wildman–Crippen MR) is 103 cm³/mol. The van der Waals surface area contributed by atoms with Crippen LogP contribution in [0.15, 0.2) is 34.8 Å². The van der Waals surface area contributed by atoms with Gasteiger partial charge in [-0.05, 0) is 24.3 Å². The minimum absolute atomic E-state index is 0.287. The van der Waals surface area contributed by atoms with Crippen molar-refractivity contribution in [1.29, 1.82) is 0 Å². The number of benzene rings is 1. The summed E-state index contributed by atoms with van der Waals surface area (Å²) >= 11 is 39.0. The Morgan fingerprint density at radius 1 is 0.739 bits per heavy atom. The summed E-state index contributed by atoms with van der Waals surface area (Å²) in [5.41, 5.74) is 1.69. The number of hydrogen-bond donors (Lipinski definition) is 0. The molecule has 23 heavy (non-hydrogen) atoms. The van der Waals surface area contributed by atoms with Crippen LogP contribution in [0.2, 0.25) is 0 Å². The second kappa shape index (κ2) is 6.21. The molecule has 0 atom stereocenters. The van der Waals surface area contributed by atoms with Crippen LogP contribution in [0.1, 0.15) is 11.4 Å². The third kappa shape index (κ3) is 3.62. The predicted octanol–water partition coefficient (Wildman–Crippen LogP) is 7.20. The summed E-state index contributed by atoms with van der Waals surface area (Å²) in [5.74, 6) is 0. The highest BCUT2D eigenvalue weighted by Gasteiger charge is 2.27. The van der Waals surface area contributed by atoms with Crippen molar-refractivity contribution in [1.82, 2.24) is 9.97 Å². The highest BCUT2D eigenvalue weighted by molar-refractivity contribution is 9.10. The van der Waals surface area contributed by atoms with E-state index in [1.165, 1.54) is 0 Å². The van der Waals surface area contributed by atoms with Crippen LogP contribution >= 0.6 is 85.5 Å². The lowest BCUT2D eigenvalue weighted by atomic mass is 10.1. The topological polar surface area (TPSA) is 25.8 Å². The fourth-order valence-corrected chi connectivity index (χ4v) is 3.34. The average Bonchev–Trinajstić information content (AvgIpc) is 2.44. The normalized spacial score (nSPS) is 13.0. The maximum absolute atomic E-state index is 5.93. The first-order valence-electron chi connectivity index (χ1n) is 6.12. The van der Waals surface area contributed by atoms with Crippen molar-refractivity contribution in [3.63, 3.8) is 0 Å². The lowest BCUT2D eigenvalue weighted by molar-refractivity contribution is 1.10. The molecule has 2 nitrogen and oxygen atoms in total. The van der Waals surface area contributed by atoms with Crippen molar-refractivity contribution in [2.45, 2.75) is 7.59 Å². The molecule has 0 fully saturated rings. The zero-order chi connectivity index (χ0) is 17.0. The smallest absolute Gasteiger partial charge is 0.232 e. The summed E-state index contributed by atoms with van der Waals surface area (Å²) in [5, 5.41) is 1.63. The molecule has 0 amide bonds. The van der Waals surface area contributed by atoms with Gasteiger partial charge in [-0.25, -0.2) is 9.97 Å². The number of hydrogen-bond acceptors (Lipinski definition) is 2. The number of nitrogens with zero attached hydrogens (tertiary/aromatic N) is 2. The Bertz CT molecular complexity index is 917. The third-order valence-corrected chi connectivity index (χ3v) is 4.98. The lowest BCUT2D eigenvalue weighted by Crippen LogP contribution is -2.06. The van der Waals surface area contributed by atoms with Crippen molar-refractivity contribution in [2.75, 3.05) is 0 Å². The monoisotopic (exact) mass is 490 g/mol. The summed E-state index contributed by atoms with van der Waals surface area (Å²) in [4.78, 5) is 8.87. The molecule has 1 aromatic carbocycles. The zero-order valence-corrected chi connectivity index (χ0v) is 17.0. The quantitative estimate of drug-likeness (QED) is 0.244. The van der Waals surface area contributed by atoms with Crippen molar-refractivity contribution >= 4 is 107 Å². The molecule has 0 saturated heterocycles. The number of aromatic nitrogens is 2. The van der Waals surface area contributed by atoms with Gasteiger partial charge in [0.2, 0.25) is 7.59 Å². The number of rotatable bonds is 0.